The van der Waals surface area contributed by atoms with E-state index in [1.807, 2.05) is 6.92 Å². The van der Waals surface area contributed by atoms with Gasteiger partial charge in [0, 0.05) is 0 Å². The summed E-state index contributed by atoms with van der Waals surface area (Å²) in [5, 5.41) is 0. The molecule has 0 heterocycles. The summed E-state index contributed by atoms with van der Waals surface area (Å²) in [5.41, 5.74) is 0. The molecule has 0 rings (SSSR count). The fraction of sp³-hybridized carbons (Fsp3) is 0.857. The molecule has 4 heteroatoms. The van der Waals surface area contributed by atoms with E-state index in [2.05, 4.69) is 0 Å². The number of esters is 1. The highest BCUT2D eigenvalue weighted by Crippen LogP contribution is 2.22. The van der Waals surface area contributed by atoms with Crippen LogP contribution in [0.15, 0.2) is 0 Å². The second kappa shape index (κ2) is 4.17. The van der Waals surface area contributed by atoms with Crippen molar-refractivity contribution in [3.8, 4) is 0 Å². The number of rotatable bonds is 3. The van der Waals surface area contributed by atoms with Gasteiger partial charge in [-0.3, -0.25) is 0 Å². The van der Waals surface area contributed by atoms with Gasteiger partial charge in [-0.05, 0) is 20.3 Å². The van der Waals surface area contributed by atoms with Crippen LogP contribution in [0.3, 0.4) is 0 Å². The summed E-state index contributed by atoms with van der Waals surface area (Å²) in [5.74, 6) is -0.588. The molecule has 0 fully saturated rings. The van der Waals surface area contributed by atoms with Crippen molar-refractivity contribution in [1.29, 1.82) is 0 Å². The van der Waals surface area contributed by atoms with E-state index < -0.39 is 10.3 Å². The summed E-state index contributed by atoms with van der Waals surface area (Å²) in [6, 6.07) is 0. The Hall–Kier alpha value is 0.0500. The van der Waals surface area contributed by atoms with Gasteiger partial charge in [-0.15, -0.1) is 0 Å². The smallest absolute Gasteiger partial charge is 0.342 e. The average Bonchev–Trinajstić information content (AvgIpc) is 1.85. The number of hydrogen-bond acceptors (Lipinski definition) is 2. The SMILES string of the molecule is CCC(C)OC(=O)C(C)(Cl)Cl. The lowest BCUT2D eigenvalue weighted by atomic mass is 10.3. The third-order valence-electron chi connectivity index (χ3n) is 1.24. The maximum absolute atomic E-state index is 10.9. The average molecular weight is 199 g/mol. The number of ether oxygens (including phenoxy) is 1. The zero-order chi connectivity index (χ0) is 9.07. The Morgan fingerprint density at radius 1 is 1.64 bits per heavy atom. The molecule has 0 saturated carbocycles. The second-order valence-electron chi connectivity index (χ2n) is 2.51. The van der Waals surface area contributed by atoms with Crippen LogP contribution in [0.1, 0.15) is 27.2 Å². The normalized spacial score (nSPS) is 14.3. The Morgan fingerprint density at radius 3 is 2.36 bits per heavy atom. The number of halogens is 2. The molecule has 11 heavy (non-hydrogen) atoms. The monoisotopic (exact) mass is 198 g/mol. The van der Waals surface area contributed by atoms with E-state index in [9.17, 15) is 4.79 Å². The highest BCUT2D eigenvalue weighted by atomic mass is 35.5. The zero-order valence-corrected chi connectivity index (χ0v) is 8.37. The van der Waals surface area contributed by atoms with Gasteiger partial charge in [0.25, 0.3) is 0 Å². The van der Waals surface area contributed by atoms with Gasteiger partial charge >= 0.3 is 5.97 Å². The van der Waals surface area contributed by atoms with Crippen LogP contribution >= 0.6 is 23.2 Å². The molecule has 0 aliphatic carbocycles. The van der Waals surface area contributed by atoms with Crippen LogP contribution in [-0.4, -0.2) is 16.4 Å². The molecule has 0 spiro atoms. The van der Waals surface area contributed by atoms with E-state index >= 15 is 0 Å². The van der Waals surface area contributed by atoms with Crippen LogP contribution in [0.2, 0.25) is 0 Å². The van der Waals surface area contributed by atoms with Crippen molar-refractivity contribution in [1.82, 2.24) is 0 Å². The maximum atomic E-state index is 10.9. The Morgan fingerprint density at radius 2 is 2.09 bits per heavy atom. The minimum atomic E-state index is -1.43. The van der Waals surface area contributed by atoms with Gasteiger partial charge in [0.15, 0.2) is 0 Å². The lowest BCUT2D eigenvalue weighted by Gasteiger charge is -2.16. The molecular formula is C7H12Cl2O2. The molecular weight excluding hydrogens is 187 g/mol. The molecule has 0 aromatic rings. The molecule has 0 aliphatic rings. The van der Waals surface area contributed by atoms with E-state index in [1.54, 1.807) is 6.92 Å². The molecule has 0 radical (unpaired) electrons. The molecule has 0 saturated heterocycles. The number of carbonyl (C=O) groups is 1. The predicted molar refractivity (Wildman–Crippen MR) is 46.0 cm³/mol. The third-order valence-corrected chi connectivity index (χ3v) is 1.55. The van der Waals surface area contributed by atoms with Crippen molar-refractivity contribution < 1.29 is 9.53 Å². The molecule has 0 aromatic heterocycles. The summed E-state index contributed by atoms with van der Waals surface area (Å²) in [7, 11) is 0. The van der Waals surface area contributed by atoms with E-state index in [4.69, 9.17) is 27.9 Å². The summed E-state index contributed by atoms with van der Waals surface area (Å²) in [6.07, 6.45) is 0.634. The van der Waals surface area contributed by atoms with Crippen molar-refractivity contribution in [3.63, 3.8) is 0 Å². The topological polar surface area (TPSA) is 26.3 Å². The summed E-state index contributed by atoms with van der Waals surface area (Å²) in [4.78, 5) is 10.9. The Balaban J connectivity index is 3.88. The van der Waals surface area contributed by atoms with Gasteiger partial charge in [0.05, 0.1) is 6.10 Å². The minimum absolute atomic E-state index is 0.126. The van der Waals surface area contributed by atoms with Crippen molar-refractivity contribution in [2.45, 2.75) is 37.6 Å². The molecule has 0 aromatic carbocycles. The molecule has 1 unspecified atom stereocenters. The van der Waals surface area contributed by atoms with E-state index in [-0.39, 0.29) is 6.10 Å². The van der Waals surface area contributed by atoms with Crippen molar-refractivity contribution in [2.75, 3.05) is 0 Å². The van der Waals surface area contributed by atoms with Crippen LogP contribution in [0, 0.1) is 0 Å². The maximum Gasteiger partial charge on any atom is 0.342 e. The summed E-state index contributed by atoms with van der Waals surface area (Å²) in [6.45, 7) is 5.09. The summed E-state index contributed by atoms with van der Waals surface area (Å²) >= 11 is 11.0. The number of alkyl halides is 2. The fourth-order valence-electron chi connectivity index (χ4n) is 0.370. The van der Waals surface area contributed by atoms with Gasteiger partial charge in [-0.25, -0.2) is 4.79 Å². The molecule has 0 amide bonds. The van der Waals surface area contributed by atoms with E-state index in [1.165, 1.54) is 6.92 Å². The van der Waals surface area contributed by atoms with Crippen LogP contribution in [-0.2, 0) is 9.53 Å². The molecule has 0 N–H and O–H groups in total. The first-order valence-electron chi connectivity index (χ1n) is 3.46. The Bertz CT molecular complexity index is 140. The van der Waals surface area contributed by atoms with Gasteiger partial charge in [0.2, 0.25) is 4.33 Å². The standard InChI is InChI=1S/C7H12Cl2O2/c1-4-5(2)11-6(10)7(3,8)9/h5H,4H2,1-3H3. The first kappa shape index (κ1) is 11.1. The lowest BCUT2D eigenvalue weighted by molar-refractivity contribution is -0.148. The second-order valence-corrected chi connectivity index (χ2v) is 4.22. The minimum Gasteiger partial charge on any atom is -0.460 e. The van der Waals surface area contributed by atoms with Gasteiger partial charge in [-0.2, -0.15) is 0 Å². The first-order valence-corrected chi connectivity index (χ1v) is 4.22. The van der Waals surface area contributed by atoms with Gasteiger partial charge < -0.3 is 4.74 Å². The van der Waals surface area contributed by atoms with Crippen molar-refractivity contribution >= 4 is 29.2 Å². The lowest BCUT2D eigenvalue weighted by Crippen LogP contribution is -2.27. The van der Waals surface area contributed by atoms with Crippen molar-refractivity contribution in [2.24, 2.45) is 0 Å². The molecule has 1 atom stereocenters. The highest BCUT2D eigenvalue weighted by molar-refractivity contribution is 6.57. The number of carbonyl (C=O) groups excluding carboxylic acids is 1. The van der Waals surface area contributed by atoms with Crippen LogP contribution in [0.25, 0.3) is 0 Å². The Kier molecular flexibility index (Phi) is 4.19. The highest BCUT2D eigenvalue weighted by Gasteiger charge is 2.30. The number of hydrogen-bond donors (Lipinski definition) is 0. The van der Waals surface area contributed by atoms with E-state index in [0.717, 1.165) is 6.42 Å². The third kappa shape index (κ3) is 4.49. The predicted octanol–water partition coefficient (Wildman–Crippen LogP) is 2.52. The van der Waals surface area contributed by atoms with E-state index in [0.29, 0.717) is 0 Å². The molecule has 66 valence electrons. The van der Waals surface area contributed by atoms with Gasteiger partial charge in [0.1, 0.15) is 0 Å². The fourth-order valence-corrected chi connectivity index (χ4v) is 0.459. The first-order chi connectivity index (χ1) is 4.88. The van der Waals surface area contributed by atoms with Crippen LogP contribution < -0.4 is 0 Å². The van der Waals surface area contributed by atoms with Gasteiger partial charge in [-0.1, -0.05) is 30.1 Å². The summed E-state index contributed by atoms with van der Waals surface area (Å²) < 4.78 is 3.43. The van der Waals surface area contributed by atoms with Crippen molar-refractivity contribution in [3.05, 3.63) is 0 Å². The van der Waals surface area contributed by atoms with Crippen LogP contribution in [0.4, 0.5) is 0 Å². The zero-order valence-electron chi connectivity index (χ0n) is 6.86. The van der Waals surface area contributed by atoms with Crippen LogP contribution in [0.5, 0.6) is 0 Å². The molecule has 0 bridgehead atoms. The quantitative estimate of drug-likeness (QED) is 0.515. The Labute approximate surface area is 76.8 Å². The largest absolute Gasteiger partial charge is 0.460 e. The molecule has 2 nitrogen and oxygen atoms in total. The molecule has 0 aliphatic heterocycles.